The lowest BCUT2D eigenvalue weighted by molar-refractivity contribution is -0.129. The molecular weight excluding hydrogens is 570 g/mol. The van der Waals surface area contributed by atoms with Crippen LogP contribution >= 0.6 is 0 Å². The molecule has 0 aromatic heterocycles. The van der Waals surface area contributed by atoms with Crippen molar-refractivity contribution in [2.75, 3.05) is 6.54 Å². The number of piperidine rings is 2. The van der Waals surface area contributed by atoms with Crippen molar-refractivity contribution in [1.29, 1.82) is 0 Å². The molecule has 0 aliphatic carbocycles. The van der Waals surface area contributed by atoms with E-state index in [1.54, 1.807) is 5.57 Å². The minimum Gasteiger partial charge on any atom is -0.392 e. The second-order valence-electron chi connectivity index (χ2n) is 16.0. The van der Waals surface area contributed by atoms with E-state index >= 15 is 0 Å². The smallest absolute Gasteiger partial charge is 0.223 e. The van der Waals surface area contributed by atoms with Crippen LogP contribution < -0.4 is 10.6 Å². The molecule has 0 bridgehead atoms. The highest BCUT2D eigenvalue weighted by Crippen LogP contribution is 2.35. The van der Waals surface area contributed by atoms with E-state index < -0.39 is 0 Å². The van der Waals surface area contributed by atoms with Gasteiger partial charge in [-0.05, 0) is 84.0 Å². The average Bonchev–Trinajstić information content (AvgIpc) is 3.42. The molecular formula is C40H73N3O3. The third-order valence-electron chi connectivity index (χ3n) is 12.1. The number of amides is 1. The molecule has 4 N–H and O–H groups in total. The van der Waals surface area contributed by atoms with E-state index in [4.69, 9.17) is 0 Å². The van der Waals surface area contributed by atoms with E-state index in [1.165, 1.54) is 128 Å². The number of nitrogens with one attached hydrogen (secondary N) is 2. The van der Waals surface area contributed by atoms with Gasteiger partial charge in [0.05, 0.1) is 12.2 Å². The lowest BCUT2D eigenvalue weighted by atomic mass is 9.85. The number of aliphatic hydroxyl groups is 2. The average molecular weight is 644 g/mol. The van der Waals surface area contributed by atoms with Crippen LogP contribution in [0.25, 0.3) is 0 Å². The van der Waals surface area contributed by atoms with Gasteiger partial charge in [0.15, 0.2) is 0 Å². The van der Waals surface area contributed by atoms with Crippen LogP contribution in [0.2, 0.25) is 0 Å². The summed E-state index contributed by atoms with van der Waals surface area (Å²) < 4.78 is 0. The van der Waals surface area contributed by atoms with E-state index in [-0.39, 0.29) is 24.3 Å². The predicted octanol–water partition coefficient (Wildman–Crippen LogP) is 8.34. The van der Waals surface area contributed by atoms with E-state index in [1.807, 2.05) is 0 Å². The third-order valence-corrected chi connectivity index (χ3v) is 12.1. The quantitative estimate of drug-likeness (QED) is 0.0704. The van der Waals surface area contributed by atoms with Crippen LogP contribution in [-0.2, 0) is 4.79 Å². The van der Waals surface area contributed by atoms with Crippen LogP contribution in [0.1, 0.15) is 181 Å². The van der Waals surface area contributed by atoms with Gasteiger partial charge in [0.1, 0.15) is 0 Å². The molecule has 4 aliphatic heterocycles. The van der Waals surface area contributed by atoms with Gasteiger partial charge >= 0.3 is 0 Å². The molecule has 0 spiro atoms. The fourth-order valence-corrected chi connectivity index (χ4v) is 9.00. The molecule has 0 aromatic carbocycles. The van der Waals surface area contributed by atoms with Gasteiger partial charge < -0.3 is 25.7 Å². The Labute approximate surface area is 283 Å². The lowest BCUT2D eigenvalue weighted by Crippen LogP contribution is -2.48. The summed E-state index contributed by atoms with van der Waals surface area (Å²) in [6.45, 7) is 5.13. The number of hydrogen-bond acceptors (Lipinski definition) is 5. The van der Waals surface area contributed by atoms with Gasteiger partial charge in [0, 0.05) is 43.2 Å². The molecule has 46 heavy (non-hydrogen) atoms. The van der Waals surface area contributed by atoms with Gasteiger partial charge in [-0.1, -0.05) is 108 Å². The molecule has 4 heterocycles. The SMILES string of the molecule is C[C@@H]1N[C@H](CCCCCCCCCCC2=C[C@@H](CCCCCCCCCC[C@@H]3CC[C@H](O)[C@H](C)N3)[C@@H]3CCC(=O)N3C2)CC[C@@H]1O. The number of fused-ring (bicyclic) bond motifs is 1. The minimum absolute atomic E-state index is 0.157. The van der Waals surface area contributed by atoms with Gasteiger partial charge in [0.25, 0.3) is 0 Å². The van der Waals surface area contributed by atoms with Crippen molar-refractivity contribution in [3.05, 3.63) is 11.6 Å². The van der Waals surface area contributed by atoms with Crippen molar-refractivity contribution in [3.63, 3.8) is 0 Å². The molecule has 4 rings (SSSR count). The molecule has 0 aromatic rings. The molecule has 3 saturated heterocycles. The summed E-state index contributed by atoms with van der Waals surface area (Å²) in [6.07, 6.45) is 34.8. The summed E-state index contributed by atoms with van der Waals surface area (Å²) in [7, 11) is 0. The summed E-state index contributed by atoms with van der Waals surface area (Å²) >= 11 is 0. The van der Waals surface area contributed by atoms with Crippen molar-refractivity contribution < 1.29 is 15.0 Å². The van der Waals surface area contributed by atoms with Crippen LogP contribution in [0.4, 0.5) is 0 Å². The number of carbonyl (C=O) groups excluding carboxylic acids is 1. The number of hydrogen-bond donors (Lipinski definition) is 4. The van der Waals surface area contributed by atoms with Gasteiger partial charge in [-0.25, -0.2) is 0 Å². The summed E-state index contributed by atoms with van der Waals surface area (Å²) in [5.41, 5.74) is 1.55. The summed E-state index contributed by atoms with van der Waals surface area (Å²) in [6, 6.07) is 2.21. The Morgan fingerprint density at radius 3 is 1.59 bits per heavy atom. The van der Waals surface area contributed by atoms with Gasteiger partial charge in [-0.15, -0.1) is 0 Å². The first kappa shape index (κ1) is 37.9. The number of nitrogens with zero attached hydrogens (tertiary/aromatic N) is 1. The van der Waals surface area contributed by atoms with E-state index in [0.29, 0.717) is 30.0 Å². The first-order chi connectivity index (χ1) is 22.4. The maximum Gasteiger partial charge on any atom is 0.223 e. The Morgan fingerprint density at radius 2 is 1.09 bits per heavy atom. The summed E-state index contributed by atoms with van der Waals surface area (Å²) in [4.78, 5) is 14.9. The van der Waals surface area contributed by atoms with Crippen LogP contribution in [0.3, 0.4) is 0 Å². The van der Waals surface area contributed by atoms with Crippen LogP contribution in [0, 0.1) is 5.92 Å². The topological polar surface area (TPSA) is 84.8 Å². The molecule has 3 fully saturated rings. The van der Waals surface area contributed by atoms with E-state index in [2.05, 4.69) is 35.5 Å². The Bertz CT molecular complexity index is 880. The van der Waals surface area contributed by atoms with E-state index in [0.717, 1.165) is 45.1 Å². The zero-order chi connectivity index (χ0) is 32.6. The Kier molecular flexibility index (Phi) is 17.5. The van der Waals surface area contributed by atoms with Crippen LogP contribution in [0.5, 0.6) is 0 Å². The Hall–Kier alpha value is -0.950. The molecule has 0 saturated carbocycles. The predicted molar refractivity (Wildman–Crippen MR) is 192 cm³/mol. The molecule has 0 unspecified atom stereocenters. The van der Waals surface area contributed by atoms with Crippen molar-refractivity contribution in [1.82, 2.24) is 15.5 Å². The zero-order valence-electron chi connectivity index (χ0n) is 30.0. The molecule has 6 nitrogen and oxygen atoms in total. The first-order valence-corrected chi connectivity index (χ1v) is 20.3. The van der Waals surface area contributed by atoms with Crippen molar-refractivity contribution in [2.45, 2.75) is 223 Å². The second kappa shape index (κ2) is 21.2. The number of carbonyl (C=O) groups is 1. The lowest BCUT2D eigenvalue weighted by Gasteiger charge is -2.36. The molecule has 6 heteroatoms. The minimum atomic E-state index is -0.158. The normalized spacial score (nSPS) is 31.7. The van der Waals surface area contributed by atoms with Crippen molar-refractivity contribution in [2.24, 2.45) is 5.92 Å². The molecule has 4 aliphatic rings. The highest BCUT2D eigenvalue weighted by Gasteiger charge is 2.38. The zero-order valence-corrected chi connectivity index (χ0v) is 30.0. The number of rotatable bonds is 22. The maximum atomic E-state index is 12.7. The van der Waals surface area contributed by atoms with Crippen molar-refractivity contribution >= 4 is 5.91 Å². The van der Waals surface area contributed by atoms with Crippen LogP contribution in [-0.4, -0.2) is 70.0 Å². The van der Waals surface area contributed by atoms with E-state index in [9.17, 15) is 15.0 Å². The second-order valence-corrected chi connectivity index (χ2v) is 16.0. The standard InChI is InChI=1S/C40H73N3O3/c1-31-38(44)26-23-35(41-31)21-17-13-9-5-3-7-11-15-19-33-29-34(37-25-28-40(46)43(37)30-33)20-16-12-8-4-6-10-14-18-22-36-24-27-39(45)32(2)42-36/h29,31-32,34-39,41-42,44-45H,3-28,30H2,1-2H3/t31-,32-,34+,35+,36+,37-,38-,39-/m0/s1. The molecule has 266 valence electrons. The molecule has 1 amide bonds. The molecule has 8 atom stereocenters. The molecule has 0 radical (unpaired) electrons. The van der Waals surface area contributed by atoms with Gasteiger partial charge in [-0.2, -0.15) is 0 Å². The number of unbranched alkanes of at least 4 members (excludes halogenated alkanes) is 14. The maximum absolute atomic E-state index is 12.7. The van der Waals surface area contributed by atoms with Crippen molar-refractivity contribution in [3.8, 4) is 0 Å². The summed E-state index contributed by atoms with van der Waals surface area (Å²) in [5.74, 6) is 0.989. The highest BCUT2D eigenvalue weighted by molar-refractivity contribution is 5.79. The Morgan fingerprint density at radius 1 is 0.630 bits per heavy atom. The Balaban J connectivity index is 0.988. The largest absolute Gasteiger partial charge is 0.392 e. The first-order valence-electron chi connectivity index (χ1n) is 20.3. The fourth-order valence-electron chi connectivity index (χ4n) is 9.00. The van der Waals surface area contributed by atoms with Gasteiger partial charge in [0.2, 0.25) is 5.91 Å². The number of aliphatic hydroxyl groups excluding tert-OH is 2. The highest BCUT2D eigenvalue weighted by atomic mass is 16.3. The van der Waals surface area contributed by atoms with Crippen LogP contribution in [0.15, 0.2) is 11.6 Å². The van der Waals surface area contributed by atoms with Gasteiger partial charge in [-0.3, -0.25) is 4.79 Å². The summed E-state index contributed by atoms with van der Waals surface area (Å²) in [5, 5.41) is 26.9. The fraction of sp³-hybridized carbons (Fsp3) is 0.925. The monoisotopic (exact) mass is 644 g/mol. The third kappa shape index (κ3) is 13.2.